The number of primary amides is 1. The van der Waals surface area contributed by atoms with Crippen LogP contribution >= 0.6 is 11.3 Å². The summed E-state index contributed by atoms with van der Waals surface area (Å²) < 4.78 is 1.89. The van der Waals surface area contributed by atoms with Crippen LogP contribution < -0.4 is 5.73 Å². The number of imidazole rings is 1. The number of hydrogen-bond acceptors (Lipinski definition) is 5. The first kappa shape index (κ1) is 13.5. The van der Waals surface area contributed by atoms with E-state index in [1.807, 2.05) is 10.6 Å². The van der Waals surface area contributed by atoms with Gasteiger partial charge in [0.25, 0.3) is 5.91 Å². The number of thiazole rings is 1. The summed E-state index contributed by atoms with van der Waals surface area (Å²) in [6.07, 6.45) is 3.75. The summed E-state index contributed by atoms with van der Waals surface area (Å²) in [6, 6.07) is 0. The van der Waals surface area contributed by atoms with E-state index >= 15 is 0 Å². The fraction of sp³-hybridized carbons (Fsp3) is 0.538. The first-order valence-corrected chi connectivity index (χ1v) is 7.69. The second-order valence-corrected chi connectivity index (χ2v) is 6.10. The van der Waals surface area contributed by atoms with E-state index in [1.54, 1.807) is 6.20 Å². The lowest BCUT2D eigenvalue weighted by atomic mass is 10.3. The molecule has 7 heteroatoms. The van der Waals surface area contributed by atoms with Gasteiger partial charge in [0.2, 0.25) is 0 Å². The summed E-state index contributed by atoms with van der Waals surface area (Å²) in [5.74, 6) is -0.391. The molecule has 0 saturated carbocycles. The molecule has 0 bridgehead atoms. The van der Waals surface area contributed by atoms with E-state index in [0.717, 1.165) is 49.9 Å². The Morgan fingerprint density at radius 2 is 2.00 bits per heavy atom. The van der Waals surface area contributed by atoms with Gasteiger partial charge >= 0.3 is 0 Å². The zero-order chi connectivity index (χ0) is 14.1. The van der Waals surface area contributed by atoms with Gasteiger partial charge in [-0.25, -0.2) is 4.98 Å². The van der Waals surface area contributed by atoms with E-state index in [0.29, 0.717) is 4.88 Å². The number of likely N-dealkylation sites (N-methyl/N-ethyl adjacent to an activating group) is 1. The van der Waals surface area contributed by atoms with Gasteiger partial charge < -0.3 is 10.6 Å². The average Bonchev–Trinajstić information content (AvgIpc) is 2.97. The molecule has 1 saturated heterocycles. The molecule has 0 radical (unpaired) electrons. The van der Waals surface area contributed by atoms with E-state index in [1.165, 1.54) is 11.3 Å². The number of rotatable bonds is 4. The van der Waals surface area contributed by atoms with Crippen molar-refractivity contribution in [2.45, 2.75) is 13.5 Å². The molecule has 6 nitrogen and oxygen atoms in total. The maximum Gasteiger partial charge on any atom is 0.260 e. The van der Waals surface area contributed by atoms with E-state index in [2.05, 4.69) is 21.7 Å². The predicted molar refractivity (Wildman–Crippen MR) is 79.0 cm³/mol. The van der Waals surface area contributed by atoms with Crippen molar-refractivity contribution in [1.29, 1.82) is 0 Å². The molecule has 0 aliphatic carbocycles. The molecule has 2 aromatic heterocycles. The van der Waals surface area contributed by atoms with Gasteiger partial charge in [0.1, 0.15) is 4.88 Å². The quantitative estimate of drug-likeness (QED) is 0.898. The Kier molecular flexibility index (Phi) is 3.73. The molecular formula is C13H19N5OS. The number of piperazine rings is 1. The van der Waals surface area contributed by atoms with Crippen LogP contribution in [0.1, 0.15) is 22.3 Å². The molecule has 3 heterocycles. The minimum Gasteiger partial charge on any atom is -0.365 e. The van der Waals surface area contributed by atoms with Crippen molar-refractivity contribution >= 4 is 22.2 Å². The molecule has 3 rings (SSSR count). The van der Waals surface area contributed by atoms with Crippen molar-refractivity contribution in [2.24, 2.45) is 5.73 Å². The Hall–Kier alpha value is -1.44. The standard InChI is InChI=1S/C13H19N5OS/c1-2-16-3-5-17(6-4-16)7-10-8-18-9-11(12(14)19)20-13(18)15-10/h8-9H,2-7H2,1H3,(H2,14,19). The number of carbonyl (C=O) groups is 1. The fourth-order valence-electron chi connectivity index (χ4n) is 2.53. The smallest absolute Gasteiger partial charge is 0.260 e. The first-order chi connectivity index (χ1) is 9.65. The Labute approximate surface area is 121 Å². The summed E-state index contributed by atoms with van der Waals surface area (Å²) in [5, 5.41) is 0. The van der Waals surface area contributed by atoms with E-state index in [-0.39, 0.29) is 0 Å². The summed E-state index contributed by atoms with van der Waals surface area (Å²) in [5.41, 5.74) is 6.32. The number of hydrogen-bond donors (Lipinski definition) is 1. The fourth-order valence-corrected chi connectivity index (χ4v) is 3.36. The Morgan fingerprint density at radius 3 is 2.60 bits per heavy atom. The largest absolute Gasteiger partial charge is 0.365 e. The third-order valence-electron chi connectivity index (χ3n) is 3.75. The molecule has 1 aliphatic rings. The normalized spacial score (nSPS) is 17.9. The van der Waals surface area contributed by atoms with E-state index < -0.39 is 5.91 Å². The van der Waals surface area contributed by atoms with Crippen molar-refractivity contribution in [1.82, 2.24) is 19.2 Å². The number of aromatic nitrogens is 2. The van der Waals surface area contributed by atoms with Crippen LogP contribution in [0.5, 0.6) is 0 Å². The number of nitrogens with two attached hydrogens (primary N) is 1. The van der Waals surface area contributed by atoms with Crippen molar-refractivity contribution < 1.29 is 4.79 Å². The SMILES string of the molecule is CCN1CCN(Cc2cn3cc(C(N)=O)sc3n2)CC1. The van der Waals surface area contributed by atoms with Crippen LogP contribution in [-0.2, 0) is 6.54 Å². The number of carbonyl (C=O) groups excluding carboxylic acids is 1. The lowest BCUT2D eigenvalue weighted by Gasteiger charge is -2.33. The topological polar surface area (TPSA) is 66.9 Å². The van der Waals surface area contributed by atoms with Crippen LogP contribution in [0, 0.1) is 0 Å². The van der Waals surface area contributed by atoms with Crippen molar-refractivity contribution in [3.05, 3.63) is 23.0 Å². The highest BCUT2D eigenvalue weighted by molar-refractivity contribution is 7.18. The highest BCUT2D eigenvalue weighted by Gasteiger charge is 2.17. The third kappa shape index (κ3) is 2.70. The molecule has 108 valence electrons. The summed E-state index contributed by atoms with van der Waals surface area (Å²) in [7, 11) is 0. The van der Waals surface area contributed by atoms with Crippen LogP contribution in [0.2, 0.25) is 0 Å². The van der Waals surface area contributed by atoms with Gasteiger partial charge in [-0.2, -0.15) is 0 Å². The molecule has 20 heavy (non-hydrogen) atoms. The van der Waals surface area contributed by atoms with Gasteiger partial charge in [0.15, 0.2) is 4.96 Å². The van der Waals surface area contributed by atoms with Crippen LogP contribution in [0.4, 0.5) is 0 Å². The predicted octanol–water partition coefficient (Wildman–Crippen LogP) is 0.632. The monoisotopic (exact) mass is 293 g/mol. The molecule has 0 atom stereocenters. The van der Waals surface area contributed by atoms with Gasteiger partial charge in [-0.05, 0) is 6.54 Å². The van der Waals surface area contributed by atoms with Crippen molar-refractivity contribution in [3.63, 3.8) is 0 Å². The van der Waals surface area contributed by atoms with Crippen molar-refractivity contribution in [3.8, 4) is 0 Å². The Bertz CT molecular complexity index is 580. The average molecular weight is 293 g/mol. The van der Waals surface area contributed by atoms with Crippen LogP contribution in [0.3, 0.4) is 0 Å². The van der Waals surface area contributed by atoms with Gasteiger partial charge in [0, 0.05) is 45.1 Å². The highest BCUT2D eigenvalue weighted by atomic mass is 32.1. The zero-order valence-electron chi connectivity index (χ0n) is 11.6. The molecule has 1 amide bonds. The summed E-state index contributed by atoms with van der Waals surface area (Å²) in [6.45, 7) is 8.64. The van der Waals surface area contributed by atoms with E-state index in [4.69, 9.17) is 5.73 Å². The molecular weight excluding hydrogens is 274 g/mol. The lowest BCUT2D eigenvalue weighted by molar-refractivity contribution is 0.100. The molecule has 1 fully saturated rings. The van der Waals surface area contributed by atoms with Gasteiger partial charge in [-0.1, -0.05) is 18.3 Å². The minimum absolute atomic E-state index is 0.391. The van der Waals surface area contributed by atoms with Gasteiger partial charge in [0.05, 0.1) is 5.69 Å². The van der Waals surface area contributed by atoms with Crippen LogP contribution in [0.25, 0.3) is 4.96 Å². The van der Waals surface area contributed by atoms with E-state index in [9.17, 15) is 4.79 Å². The molecule has 2 aromatic rings. The molecule has 2 N–H and O–H groups in total. The van der Waals surface area contributed by atoms with Crippen LogP contribution in [0.15, 0.2) is 12.4 Å². The number of fused-ring (bicyclic) bond motifs is 1. The Morgan fingerprint density at radius 1 is 1.30 bits per heavy atom. The second-order valence-electron chi connectivity index (χ2n) is 5.09. The molecule has 0 aromatic carbocycles. The first-order valence-electron chi connectivity index (χ1n) is 6.87. The van der Waals surface area contributed by atoms with Crippen LogP contribution in [-0.4, -0.2) is 57.8 Å². The maximum absolute atomic E-state index is 11.1. The molecule has 0 unspecified atom stereocenters. The number of amides is 1. The number of nitrogens with zero attached hydrogens (tertiary/aromatic N) is 4. The summed E-state index contributed by atoms with van der Waals surface area (Å²) in [4.78, 5) is 21.9. The summed E-state index contributed by atoms with van der Waals surface area (Å²) >= 11 is 1.34. The van der Waals surface area contributed by atoms with Crippen molar-refractivity contribution in [2.75, 3.05) is 32.7 Å². The van der Waals surface area contributed by atoms with Gasteiger partial charge in [-0.3, -0.25) is 14.1 Å². The highest BCUT2D eigenvalue weighted by Crippen LogP contribution is 2.18. The van der Waals surface area contributed by atoms with Gasteiger partial charge in [-0.15, -0.1) is 0 Å². The zero-order valence-corrected chi connectivity index (χ0v) is 12.4. The lowest BCUT2D eigenvalue weighted by Crippen LogP contribution is -2.45. The third-order valence-corrected chi connectivity index (χ3v) is 4.76. The minimum atomic E-state index is -0.391. The maximum atomic E-state index is 11.1. The molecule has 0 spiro atoms. The molecule has 1 aliphatic heterocycles. The second kappa shape index (κ2) is 5.51. The Balaban J connectivity index is 1.66.